The van der Waals surface area contributed by atoms with E-state index in [0.717, 1.165) is 22.5 Å². The number of rotatable bonds is 5. The standard InChI is InChI=1S/C17H24N4O2S/c1-11-6-12(2)8-15(7-11)21-14(4)9-16(20-21)19-17(22)18-13(3)10-24(5)23/h6-9,13H,10H2,1-5H3,(H2,18,19,20,22)/t13-,24+/m1/s1. The van der Waals surface area contributed by atoms with Crippen LogP contribution in [0.5, 0.6) is 0 Å². The molecule has 1 heterocycles. The van der Waals surface area contributed by atoms with Crippen LogP contribution >= 0.6 is 0 Å². The summed E-state index contributed by atoms with van der Waals surface area (Å²) in [4.78, 5) is 12.0. The second-order valence-corrected chi connectivity index (χ2v) is 7.65. The first-order valence-corrected chi connectivity index (χ1v) is 9.50. The number of nitrogens with one attached hydrogen (secondary N) is 2. The minimum atomic E-state index is -0.950. The first-order chi connectivity index (χ1) is 11.2. The second-order valence-electron chi connectivity index (χ2n) is 6.17. The van der Waals surface area contributed by atoms with Gasteiger partial charge in [-0.25, -0.2) is 9.48 Å². The predicted octanol–water partition coefficient (Wildman–Crippen LogP) is 2.69. The summed E-state index contributed by atoms with van der Waals surface area (Å²) in [5.41, 5.74) is 4.22. The molecule has 2 N–H and O–H groups in total. The van der Waals surface area contributed by atoms with Gasteiger partial charge in [-0.3, -0.25) is 9.53 Å². The number of amides is 2. The monoisotopic (exact) mass is 348 g/mol. The Hall–Kier alpha value is -2.15. The topological polar surface area (TPSA) is 76.0 Å². The Labute approximate surface area is 145 Å². The van der Waals surface area contributed by atoms with Crippen LogP contribution in [0, 0.1) is 20.8 Å². The fourth-order valence-electron chi connectivity index (χ4n) is 2.64. The van der Waals surface area contributed by atoms with Gasteiger partial charge in [-0.15, -0.1) is 5.10 Å². The number of aryl methyl sites for hydroxylation is 3. The molecule has 0 aliphatic rings. The van der Waals surface area contributed by atoms with Crippen molar-refractivity contribution in [3.8, 4) is 5.69 Å². The number of carbonyl (C=O) groups is 1. The molecule has 0 spiro atoms. The van der Waals surface area contributed by atoms with E-state index in [0.29, 0.717) is 11.6 Å². The molecule has 24 heavy (non-hydrogen) atoms. The predicted molar refractivity (Wildman–Crippen MR) is 98.3 cm³/mol. The lowest BCUT2D eigenvalue weighted by Crippen LogP contribution is -2.39. The van der Waals surface area contributed by atoms with Gasteiger partial charge in [0.25, 0.3) is 0 Å². The number of hydrogen-bond acceptors (Lipinski definition) is 3. The number of nitrogens with zero attached hydrogens (tertiary/aromatic N) is 2. The fourth-order valence-corrected chi connectivity index (χ4v) is 3.43. The Bertz CT molecular complexity index is 750. The molecule has 0 aliphatic heterocycles. The van der Waals surface area contributed by atoms with E-state index in [2.05, 4.69) is 33.9 Å². The SMILES string of the molecule is Cc1cc(C)cc(-n2nc(NC(=O)N[C@H](C)C[S@](C)=O)cc2C)c1. The molecule has 0 fully saturated rings. The summed E-state index contributed by atoms with van der Waals surface area (Å²) in [5.74, 6) is 0.901. The molecule has 1 aromatic heterocycles. The van der Waals surface area contributed by atoms with Crippen LogP contribution in [0.2, 0.25) is 0 Å². The minimum Gasteiger partial charge on any atom is -0.334 e. The molecule has 2 rings (SSSR count). The van der Waals surface area contributed by atoms with Crippen LogP contribution in [-0.4, -0.2) is 38.1 Å². The average molecular weight is 348 g/mol. The molecule has 6 nitrogen and oxygen atoms in total. The van der Waals surface area contributed by atoms with Crippen molar-refractivity contribution in [3.05, 3.63) is 41.1 Å². The summed E-state index contributed by atoms with van der Waals surface area (Å²) >= 11 is 0. The third kappa shape index (κ3) is 4.92. The Morgan fingerprint density at radius 3 is 2.42 bits per heavy atom. The van der Waals surface area contributed by atoms with Crippen molar-refractivity contribution in [3.63, 3.8) is 0 Å². The molecule has 7 heteroatoms. The molecule has 2 atom stereocenters. The van der Waals surface area contributed by atoms with Gasteiger partial charge >= 0.3 is 6.03 Å². The van der Waals surface area contributed by atoms with Crippen molar-refractivity contribution in [2.45, 2.75) is 33.7 Å². The van der Waals surface area contributed by atoms with E-state index >= 15 is 0 Å². The summed E-state index contributed by atoms with van der Waals surface area (Å²) in [7, 11) is -0.950. The molecular formula is C17H24N4O2S. The summed E-state index contributed by atoms with van der Waals surface area (Å²) in [6, 6.07) is 7.51. The maximum absolute atomic E-state index is 12.0. The summed E-state index contributed by atoms with van der Waals surface area (Å²) in [6.45, 7) is 7.85. The molecule has 0 saturated heterocycles. The van der Waals surface area contributed by atoms with Gasteiger partial charge in [-0.2, -0.15) is 0 Å². The Balaban J connectivity index is 2.11. The zero-order chi connectivity index (χ0) is 17.9. The molecule has 0 aliphatic carbocycles. The third-order valence-electron chi connectivity index (χ3n) is 3.44. The van der Waals surface area contributed by atoms with Gasteiger partial charge in [0.05, 0.1) is 5.69 Å². The van der Waals surface area contributed by atoms with Crippen LogP contribution in [-0.2, 0) is 10.8 Å². The van der Waals surface area contributed by atoms with E-state index in [-0.39, 0.29) is 12.1 Å². The van der Waals surface area contributed by atoms with Gasteiger partial charge < -0.3 is 5.32 Å². The lowest BCUT2D eigenvalue weighted by molar-refractivity contribution is 0.250. The van der Waals surface area contributed by atoms with Crippen molar-refractivity contribution >= 4 is 22.6 Å². The van der Waals surface area contributed by atoms with Crippen molar-refractivity contribution < 1.29 is 9.00 Å². The van der Waals surface area contributed by atoms with Crippen LogP contribution in [0.1, 0.15) is 23.7 Å². The van der Waals surface area contributed by atoms with Crippen LogP contribution in [0.15, 0.2) is 24.3 Å². The van der Waals surface area contributed by atoms with E-state index < -0.39 is 10.8 Å². The zero-order valence-corrected chi connectivity index (χ0v) is 15.5. The smallest absolute Gasteiger partial charge is 0.320 e. The number of hydrogen-bond donors (Lipinski definition) is 2. The number of aromatic nitrogens is 2. The molecular weight excluding hydrogens is 324 g/mol. The third-order valence-corrected chi connectivity index (χ3v) is 4.41. The highest BCUT2D eigenvalue weighted by molar-refractivity contribution is 7.84. The van der Waals surface area contributed by atoms with Crippen molar-refractivity contribution in [2.24, 2.45) is 0 Å². The maximum atomic E-state index is 12.0. The number of carbonyl (C=O) groups excluding carboxylic acids is 1. The lowest BCUT2D eigenvalue weighted by atomic mass is 10.1. The summed E-state index contributed by atoms with van der Waals surface area (Å²) < 4.78 is 13.0. The van der Waals surface area contributed by atoms with E-state index in [9.17, 15) is 9.00 Å². The van der Waals surface area contributed by atoms with Gasteiger partial charge in [0.15, 0.2) is 5.82 Å². The summed E-state index contributed by atoms with van der Waals surface area (Å²) in [6.07, 6.45) is 1.62. The molecule has 2 amide bonds. The zero-order valence-electron chi connectivity index (χ0n) is 14.7. The molecule has 1 aromatic carbocycles. The fraction of sp³-hybridized carbons (Fsp3) is 0.412. The Kier molecular flexibility index (Phi) is 5.77. The quantitative estimate of drug-likeness (QED) is 0.872. The van der Waals surface area contributed by atoms with Crippen molar-refractivity contribution in [1.29, 1.82) is 0 Å². The van der Waals surface area contributed by atoms with E-state index in [1.54, 1.807) is 10.9 Å². The van der Waals surface area contributed by atoms with Crippen LogP contribution in [0.3, 0.4) is 0 Å². The van der Waals surface area contributed by atoms with Crippen LogP contribution in [0.25, 0.3) is 5.69 Å². The summed E-state index contributed by atoms with van der Waals surface area (Å²) in [5, 5.41) is 9.93. The van der Waals surface area contributed by atoms with Gasteiger partial charge in [0, 0.05) is 40.6 Å². The first kappa shape index (κ1) is 18.2. The van der Waals surface area contributed by atoms with Gasteiger partial charge in [-0.1, -0.05) is 6.07 Å². The second kappa shape index (κ2) is 7.61. The highest BCUT2D eigenvalue weighted by Gasteiger charge is 2.12. The van der Waals surface area contributed by atoms with Crippen molar-refractivity contribution in [1.82, 2.24) is 15.1 Å². The molecule has 130 valence electrons. The molecule has 0 unspecified atom stereocenters. The average Bonchev–Trinajstić information content (AvgIpc) is 2.76. The largest absolute Gasteiger partial charge is 0.334 e. The Morgan fingerprint density at radius 1 is 1.21 bits per heavy atom. The minimum absolute atomic E-state index is 0.168. The number of benzene rings is 1. The molecule has 0 bridgehead atoms. The number of urea groups is 1. The van der Waals surface area contributed by atoms with E-state index in [4.69, 9.17) is 0 Å². The van der Waals surface area contributed by atoms with Crippen molar-refractivity contribution in [2.75, 3.05) is 17.3 Å². The normalized spacial score (nSPS) is 13.4. The highest BCUT2D eigenvalue weighted by Crippen LogP contribution is 2.18. The molecule has 0 radical (unpaired) electrons. The van der Waals surface area contributed by atoms with E-state index in [1.807, 2.05) is 33.8 Å². The van der Waals surface area contributed by atoms with Crippen LogP contribution in [0.4, 0.5) is 10.6 Å². The van der Waals surface area contributed by atoms with Gasteiger partial charge in [0.1, 0.15) is 0 Å². The van der Waals surface area contributed by atoms with Gasteiger partial charge in [0.2, 0.25) is 0 Å². The van der Waals surface area contributed by atoms with Gasteiger partial charge in [-0.05, 0) is 51.0 Å². The Morgan fingerprint density at radius 2 is 1.83 bits per heavy atom. The molecule has 0 saturated carbocycles. The first-order valence-electron chi connectivity index (χ1n) is 7.77. The van der Waals surface area contributed by atoms with E-state index in [1.165, 1.54) is 0 Å². The molecule has 2 aromatic rings. The maximum Gasteiger partial charge on any atom is 0.320 e. The van der Waals surface area contributed by atoms with Crippen LogP contribution < -0.4 is 10.6 Å². The highest BCUT2D eigenvalue weighted by atomic mass is 32.2. The lowest BCUT2D eigenvalue weighted by Gasteiger charge is -2.12. The number of anilines is 1.